The molecule has 0 saturated heterocycles. The maximum absolute atomic E-state index is 12.7. The molecule has 0 amide bonds. The zero-order valence-corrected chi connectivity index (χ0v) is 21.4. The van der Waals surface area contributed by atoms with Crippen LogP contribution in [0.4, 0.5) is 0 Å². The van der Waals surface area contributed by atoms with Crippen molar-refractivity contribution in [3.8, 4) is 0 Å². The Morgan fingerprint density at radius 3 is 2.30 bits per heavy atom. The Labute approximate surface area is 199 Å². The van der Waals surface area contributed by atoms with Crippen LogP contribution in [-0.4, -0.2) is 39.6 Å². The van der Waals surface area contributed by atoms with E-state index < -0.39 is 0 Å². The van der Waals surface area contributed by atoms with Crippen molar-refractivity contribution in [3.05, 3.63) is 29.8 Å². The number of Topliss-reactive ketones (excluding diaryl/α,β-unsaturated/α-hetero) is 1. The number of fused-ring (bicyclic) bond motifs is 5. The number of rotatable bonds is 3. The molecule has 5 rings (SSSR count). The molecule has 5 atom stereocenters. The highest BCUT2D eigenvalue weighted by Crippen LogP contribution is 2.65. The van der Waals surface area contributed by atoms with Gasteiger partial charge in [-0.25, -0.2) is 0 Å². The van der Waals surface area contributed by atoms with Crippen molar-refractivity contribution in [2.24, 2.45) is 28.6 Å². The van der Waals surface area contributed by atoms with E-state index in [2.05, 4.69) is 50.9 Å². The van der Waals surface area contributed by atoms with Gasteiger partial charge in [0.05, 0.1) is 30.5 Å². The molecule has 1 N–H and O–H groups in total. The quantitative estimate of drug-likeness (QED) is 0.635. The summed E-state index contributed by atoms with van der Waals surface area (Å²) in [5.74, 6) is 3.26. The van der Waals surface area contributed by atoms with Crippen LogP contribution in [0.3, 0.4) is 0 Å². The minimum atomic E-state index is -0.112. The summed E-state index contributed by atoms with van der Waals surface area (Å²) in [6, 6.07) is 0. The van der Waals surface area contributed by atoms with Gasteiger partial charge in [-0.15, -0.1) is 0 Å². The van der Waals surface area contributed by atoms with Gasteiger partial charge in [0, 0.05) is 25.4 Å². The van der Waals surface area contributed by atoms with Crippen molar-refractivity contribution in [1.82, 2.24) is 15.0 Å². The van der Waals surface area contributed by atoms with E-state index in [0.29, 0.717) is 30.1 Å². The molecule has 0 radical (unpaired) electrons. The number of aliphatic hydroxyl groups excluding tert-OH is 1. The molecule has 2 saturated carbocycles. The lowest BCUT2D eigenvalue weighted by molar-refractivity contribution is -0.131. The van der Waals surface area contributed by atoms with Crippen LogP contribution in [0, 0.1) is 28.6 Å². The predicted octanol–water partition coefficient (Wildman–Crippen LogP) is 5.65. The number of ether oxygens (including phenoxy) is 1. The second-order valence-electron chi connectivity index (χ2n) is 10.3. The van der Waals surface area contributed by atoms with E-state index in [1.165, 1.54) is 17.7 Å². The van der Waals surface area contributed by atoms with Crippen LogP contribution in [0.1, 0.15) is 86.0 Å². The number of hydrogen-bond acceptors (Lipinski definition) is 5. The first-order valence-corrected chi connectivity index (χ1v) is 12.8. The lowest BCUT2D eigenvalue weighted by atomic mass is 9.48. The molecule has 4 aliphatic rings. The number of carbonyl (C=O) groups is 1. The van der Waals surface area contributed by atoms with E-state index in [1.807, 2.05) is 4.80 Å². The molecular weight excluding hydrogens is 414 g/mol. The Balaban J connectivity index is 0.000000569. The van der Waals surface area contributed by atoms with Gasteiger partial charge >= 0.3 is 0 Å². The van der Waals surface area contributed by atoms with Gasteiger partial charge in [0.25, 0.3) is 0 Å². The van der Waals surface area contributed by atoms with Gasteiger partial charge in [0.15, 0.2) is 0 Å². The average Bonchev–Trinajstić information content (AvgIpc) is 3.44. The van der Waals surface area contributed by atoms with Crippen LogP contribution in [-0.2, 0) is 9.53 Å². The van der Waals surface area contributed by atoms with E-state index in [0.717, 1.165) is 57.8 Å². The second-order valence-corrected chi connectivity index (χ2v) is 10.3. The summed E-state index contributed by atoms with van der Waals surface area (Å²) in [5, 5.41) is 16.0. The van der Waals surface area contributed by atoms with Crippen molar-refractivity contribution in [3.63, 3.8) is 0 Å². The van der Waals surface area contributed by atoms with E-state index in [4.69, 9.17) is 9.84 Å². The molecule has 1 aromatic rings. The normalized spacial score (nSPS) is 34.6. The fraction of sp³-hybridized carbons (Fsp3) is 0.741. The first-order valence-electron chi connectivity index (χ1n) is 12.8. The van der Waals surface area contributed by atoms with Crippen LogP contribution in [0.15, 0.2) is 29.8 Å². The van der Waals surface area contributed by atoms with Gasteiger partial charge in [0.1, 0.15) is 5.78 Å². The molecule has 0 bridgehead atoms. The molecule has 184 valence electrons. The topological polar surface area (TPSA) is 77.2 Å². The summed E-state index contributed by atoms with van der Waals surface area (Å²) in [7, 11) is 1.00. The first-order chi connectivity index (χ1) is 15.9. The maximum atomic E-state index is 12.7. The Morgan fingerprint density at radius 2 is 1.67 bits per heavy atom. The minimum absolute atomic E-state index is 0.111. The Morgan fingerprint density at radius 1 is 1.03 bits per heavy atom. The van der Waals surface area contributed by atoms with Crippen LogP contribution in [0.2, 0.25) is 0 Å². The SMILES string of the molecule is CCC.CCOC1=CC2=C(n3nccn3)CC3C4CCC(=O)C4(C)CCC3C2(C)CC1.CO. The van der Waals surface area contributed by atoms with E-state index in [1.54, 1.807) is 12.4 Å². The smallest absolute Gasteiger partial charge is 0.139 e. The lowest BCUT2D eigenvalue weighted by Crippen LogP contribution is -2.50. The number of aromatic nitrogens is 3. The number of allylic oxidation sites excluding steroid dienone is 4. The Kier molecular flexibility index (Phi) is 8.20. The Hall–Kier alpha value is -1.95. The fourth-order valence-corrected chi connectivity index (χ4v) is 7.02. The molecule has 4 aliphatic carbocycles. The van der Waals surface area contributed by atoms with Gasteiger partial charge in [-0.3, -0.25) is 4.79 Å². The summed E-state index contributed by atoms with van der Waals surface area (Å²) in [6.45, 7) is 11.7. The second kappa shape index (κ2) is 10.5. The zero-order valence-electron chi connectivity index (χ0n) is 21.4. The molecule has 33 heavy (non-hydrogen) atoms. The number of ketones is 1. The third kappa shape index (κ3) is 4.43. The van der Waals surface area contributed by atoms with Crippen molar-refractivity contribution < 1.29 is 14.6 Å². The number of nitrogens with zero attached hydrogens (tertiary/aromatic N) is 3. The van der Waals surface area contributed by atoms with Crippen molar-refractivity contribution in [2.75, 3.05) is 13.7 Å². The standard InChI is InChI=1S/C23H31N3O2.C3H8.CH4O/c1-4-28-15-7-9-22(2)18-8-10-23(3)17(5-6-21(23)27)16(18)14-20(19(22)13-15)26-24-11-12-25-26;1-3-2;1-2/h11-13,16-18H,4-10,14H2,1-3H3;3H2,1-2H3;2H,1H3. The molecule has 1 aromatic heterocycles. The van der Waals surface area contributed by atoms with Gasteiger partial charge in [-0.1, -0.05) is 34.1 Å². The summed E-state index contributed by atoms with van der Waals surface area (Å²) >= 11 is 0. The highest BCUT2D eigenvalue weighted by molar-refractivity contribution is 5.87. The minimum Gasteiger partial charge on any atom is -0.498 e. The van der Waals surface area contributed by atoms with E-state index in [9.17, 15) is 4.79 Å². The van der Waals surface area contributed by atoms with Gasteiger partial charge in [0.2, 0.25) is 0 Å². The molecule has 5 unspecified atom stereocenters. The monoisotopic (exact) mass is 457 g/mol. The Bertz CT molecular complexity index is 875. The molecule has 6 heteroatoms. The maximum Gasteiger partial charge on any atom is 0.139 e. The molecule has 6 nitrogen and oxygen atoms in total. The first kappa shape index (κ1) is 25.7. The fourth-order valence-electron chi connectivity index (χ4n) is 7.02. The third-order valence-electron chi connectivity index (χ3n) is 8.51. The predicted molar refractivity (Wildman–Crippen MR) is 131 cm³/mol. The number of carbonyl (C=O) groups excluding carboxylic acids is 1. The van der Waals surface area contributed by atoms with Gasteiger partial charge in [-0.05, 0) is 73.8 Å². The molecule has 0 aromatic carbocycles. The summed E-state index contributed by atoms with van der Waals surface area (Å²) in [4.78, 5) is 14.6. The summed E-state index contributed by atoms with van der Waals surface area (Å²) < 4.78 is 5.91. The van der Waals surface area contributed by atoms with Crippen LogP contribution >= 0.6 is 0 Å². The highest BCUT2D eigenvalue weighted by Gasteiger charge is 2.59. The van der Waals surface area contributed by atoms with Crippen molar-refractivity contribution >= 4 is 11.5 Å². The van der Waals surface area contributed by atoms with Gasteiger partial charge in [-0.2, -0.15) is 15.0 Å². The van der Waals surface area contributed by atoms with Gasteiger partial charge < -0.3 is 9.84 Å². The summed E-state index contributed by atoms with van der Waals surface area (Å²) in [5.41, 5.74) is 2.58. The van der Waals surface area contributed by atoms with Crippen LogP contribution < -0.4 is 0 Å². The lowest BCUT2D eigenvalue weighted by Gasteiger charge is -2.56. The number of hydrogen-bond donors (Lipinski definition) is 1. The summed E-state index contributed by atoms with van der Waals surface area (Å²) in [6.07, 6.45) is 14.2. The van der Waals surface area contributed by atoms with Crippen molar-refractivity contribution in [1.29, 1.82) is 0 Å². The third-order valence-corrected chi connectivity index (χ3v) is 8.51. The molecular formula is C27H43N3O3. The highest BCUT2D eigenvalue weighted by atomic mass is 16.5. The van der Waals surface area contributed by atoms with Crippen LogP contribution in [0.25, 0.3) is 5.70 Å². The molecule has 1 heterocycles. The van der Waals surface area contributed by atoms with E-state index >= 15 is 0 Å². The average molecular weight is 458 g/mol. The molecule has 0 spiro atoms. The zero-order chi connectivity index (χ0) is 24.2. The molecule has 2 fully saturated rings. The number of aliphatic hydroxyl groups is 1. The van der Waals surface area contributed by atoms with E-state index in [-0.39, 0.29) is 10.8 Å². The largest absolute Gasteiger partial charge is 0.498 e. The van der Waals surface area contributed by atoms with Crippen LogP contribution in [0.5, 0.6) is 0 Å². The van der Waals surface area contributed by atoms with Crippen molar-refractivity contribution in [2.45, 2.75) is 86.0 Å². The molecule has 0 aliphatic heterocycles.